The van der Waals surface area contributed by atoms with Gasteiger partial charge < -0.3 is 19.8 Å². The van der Waals surface area contributed by atoms with Crippen LogP contribution in [0.15, 0.2) is 0 Å². The van der Waals surface area contributed by atoms with E-state index in [0.29, 0.717) is 0 Å². The normalized spacial score (nSPS) is 12.2. The molecule has 0 bridgehead atoms. The van der Waals surface area contributed by atoms with Gasteiger partial charge in [0.2, 0.25) is 0 Å². The average Bonchev–Trinajstić information content (AvgIpc) is 3.10. The van der Waals surface area contributed by atoms with Crippen molar-refractivity contribution >= 4 is 35.0 Å². The molecule has 0 aromatic heterocycles. The second kappa shape index (κ2) is 47.7. The van der Waals surface area contributed by atoms with Crippen LogP contribution in [-0.2, 0) is 9.59 Å². The third-order valence-corrected chi connectivity index (χ3v) is 10.8. The largest absolute Gasteiger partial charge is 2.00 e. The molecule has 0 radical (unpaired) electrons. The summed E-state index contributed by atoms with van der Waals surface area (Å²) in [5.41, 5.74) is 0. The maximum Gasteiger partial charge on any atom is 2.00 e. The molecule has 300 valence electrons. The predicted molar refractivity (Wildman–Crippen MR) is 221 cm³/mol. The molecule has 2 atom stereocenters. The Morgan fingerprint density at radius 2 is 0.431 bits per heavy atom. The minimum Gasteiger partial charge on any atom is -0.550 e. The van der Waals surface area contributed by atoms with Gasteiger partial charge in [0.15, 0.2) is 0 Å². The zero-order valence-electron chi connectivity index (χ0n) is 35.4. The molecule has 0 spiro atoms. The number of unbranched alkanes of at least 4 members (excludes halogenated alkanes) is 30. The second-order valence-corrected chi connectivity index (χ2v) is 15.8. The zero-order valence-corrected chi connectivity index (χ0v) is 36.8. The van der Waals surface area contributed by atoms with Crippen LogP contribution in [0.5, 0.6) is 0 Å². The molecule has 4 nitrogen and oxygen atoms in total. The van der Waals surface area contributed by atoms with Crippen LogP contribution >= 0.6 is 0 Å². The molecule has 0 aromatic carbocycles. The SMILES string of the molecule is CCCCCCCCCCCCCCCCC(CCCCC)C(=O)[O-].CCCCCCCCCCCCCCCCC(CCCCC)C(=O)[O-].[Mg+2]. The number of carbonyl (C=O) groups excluding carboxylic acids is 2. The summed E-state index contributed by atoms with van der Waals surface area (Å²) in [5, 5.41) is 22.3. The fraction of sp³-hybridized carbons (Fsp3) is 0.957. The van der Waals surface area contributed by atoms with Crippen LogP contribution in [-0.4, -0.2) is 35.0 Å². The molecular formula is C46H90MgO4. The van der Waals surface area contributed by atoms with Crippen molar-refractivity contribution in [2.75, 3.05) is 0 Å². The van der Waals surface area contributed by atoms with Gasteiger partial charge in [-0.2, -0.15) is 0 Å². The molecule has 0 aliphatic heterocycles. The first-order valence-corrected chi connectivity index (χ1v) is 22.9. The van der Waals surface area contributed by atoms with Gasteiger partial charge in [0, 0.05) is 11.9 Å². The van der Waals surface area contributed by atoms with Crippen molar-refractivity contribution in [1.82, 2.24) is 0 Å². The molecule has 0 N–H and O–H groups in total. The summed E-state index contributed by atoms with van der Waals surface area (Å²) >= 11 is 0. The summed E-state index contributed by atoms with van der Waals surface area (Å²) < 4.78 is 0. The number of aliphatic carboxylic acids is 2. The summed E-state index contributed by atoms with van der Waals surface area (Å²) in [6, 6.07) is 0. The van der Waals surface area contributed by atoms with Gasteiger partial charge in [0.05, 0.1) is 0 Å². The molecule has 0 saturated heterocycles. The Morgan fingerprint density at radius 1 is 0.294 bits per heavy atom. The molecule has 0 amide bonds. The van der Waals surface area contributed by atoms with Crippen molar-refractivity contribution in [1.29, 1.82) is 0 Å². The Balaban J connectivity index is -0.000000886. The van der Waals surface area contributed by atoms with Crippen molar-refractivity contribution in [2.45, 2.75) is 272 Å². The van der Waals surface area contributed by atoms with E-state index < -0.39 is 11.9 Å². The Labute approximate surface area is 336 Å². The van der Waals surface area contributed by atoms with Crippen molar-refractivity contribution in [2.24, 2.45) is 11.8 Å². The van der Waals surface area contributed by atoms with Crippen LogP contribution < -0.4 is 10.2 Å². The molecule has 0 rings (SSSR count). The van der Waals surface area contributed by atoms with Gasteiger partial charge in [-0.05, 0) is 37.5 Å². The number of carbonyl (C=O) groups is 2. The van der Waals surface area contributed by atoms with E-state index in [0.717, 1.165) is 77.0 Å². The van der Waals surface area contributed by atoms with E-state index in [4.69, 9.17) is 0 Å². The van der Waals surface area contributed by atoms with Gasteiger partial charge in [-0.3, -0.25) is 0 Å². The summed E-state index contributed by atoms with van der Waals surface area (Å²) in [6.07, 6.45) is 47.6. The van der Waals surface area contributed by atoms with Gasteiger partial charge in [0.25, 0.3) is 0 Å². The Bertz CT molecular complexity index is 614. The number of carboxylic acids is 2. The molecule has 0 aliphatic carbocycles. The zero-order chi connectivity index (χ0) is 37.2. The van der Waals surface area contributed by atoms with Crippen LogP contribution in [0, 0.1) is 11.8 Å². The summed E-state index contributed by atoms with van der Waals surface area (Å²) in [7, 11) is 0. The van der Waals surface area contributed by atoms with Crippen molar-refractivity contribution in [3.63, 3.8) is 0 Å². The van der Waals surface area contributed by atoms with Crippen LogP contribution in [0.3, 0.4) is 0 Å². The third kappa shape index (κ3) is 45.8. The van der Waals surface area contributed by atoms with Crippen molar-refractivity contribution < 1.29 is 19.8 Å². The van der Waals surface area contributed by atoms with Gasteiger partial charge in [-0.15, -0.1) is 0 Å². The van der Waals surface area contributed by atoms with Gasteiger partial charge >= 0.3 is 23.1 Å². The second-order valence-electron chi connectivity index (χ2n) is 15.8. The number of hydrogen-bond donors (Lipinski definition) is 0. The molecule has 0 aromatic rings. The standard InChI is InChI=1S/2C23H46O2.Mg/c2*1-3-5-7-8-9-10-11-12-13-14-15-16-17-19-21-22(23(24)25)20-18-6-4-2;/h2*22H,3-21H2,1-2H3,(H,24,25);/q;;+2/p-2. The first kappa shape index (κ1) is 55.0. The Kier molecular flexibility index (Phi) is 51.5. The minimum absolute atomic E-state index is 0. The maximum absolute atomic E-state index is 11.1. The smallest absolute Gasteiger partial charge is 0.550 e. The van der Waals surface area contributed by atoms with Gasteiger partial charge in [0.1, 0.15) is 0 Å². The van der Waals surface area contributed by atoms with Crippen LogP contribution in [0.4, 0.5) is 0 Å². The maximum atomic E-state index is 11.1. The molecule has 5 heteroatoms. The van der Waals surface area contributed by atoms with E-state index in [1.165, 1.54) is 167 Å². The fourth-order valence-electron chi connectivity index (χ4n) is 7.21. The first-order valence-electron chi connectivity index (χ1n) is 22.9. The molecule has 0 fully saturated rings. The van der Waals surface area contributed by atoms with E-state index in [1.54, 1.807) is 0 Å². The minimum atomic E-state index is -0.828. The molecule has 2 unspecified atom stereocenters. The summed E-state index contributed by atoms with van der Waals surface area (Å²) in [4.78, 5) is 22.3. The molecule has 0 heterocycles. The third-order valence-electron chi connectivity index (χ3n) is 10.8. The summed E-state index contributed by atoms with van der Waals surface area (Å²) in [5.74, 6) is -2.07. The van der Waals surface area contributed by atoms with Gasteiger partial charge in [-0.25, -0.2) is 0 Å². The fourth-order valence-corrected chi connectivity index (χ4v) is 7.21. The first-order chi connectivity index (χ1) is 24.4. The molecule has 51 heavy (non-hydrogen) atoms. The monoisotopic (exact) mass is 731 g/mol. The Hall–Kier alpha value is -0.294. The van der Waals surface area contributed by atoms with Gasteiger partial charge in [-0.1, -0.05) is 246 Å². The number of hydrogen-bond acceptors (Lipinski definition) is 4. The van der Waals surface area contributed by atoms with Crippen LogP contribution in [0.1, 0.15) is 272 Å². The number of rotatable bonds is 40. The average molecular weight is 732 g/mol. The molecule has 0 aliphatic rings. The topological polar surface area (TPSA) is 80.3 Å². The van der Waals surface area contributed by atoms with Crippen molar-refractivity contribution in [3.05, 3.63) is 0 Å². The predicted octanol–water partition coefficient (Wildman–Crippen LogP) is 13.2. The quantitative estimate of drug-likeness (QED) is 0.0464. The van der Waals surface area contributed by atoms with E-state index in [2.05, 4.69) is 27.7 Å². The summed E-state index contributed by atoms with van der Waals surface area (Å²) in [6.45, 7) is 8.86. The van der Waals surface area contributed by atoms with Crippen LogP contribution in [0.25, 0.3) is 0 Å². The Morgan fingerprint density at radius 3 is 0.608 bits per heavy atom. The van der Waals surface area contributed by atoms with E-state index in [1.807, 2.05) is 0 Å². The van der Waals surface area contributed by atoms with E-state index >= 15 is 0 Å². The van der Waals surface area contributed by atoms with E-state index in [-0.39, 0.29) is 34.9 Å². The number of carboxylic acid groups (broad SMARTS) is 2. The van der Waals surface area contributed by atoms with E-state index in [9.17, 15) is 19.8 Å². The molecule has 0 saturated carbocycles. The van der Waals surface area contributed by atoms with Crippen molar-refractivity contribution in [3.8, 4) is 0 Å². The van der Waals surface area contributed by atoms with Crippen LogP contribution in [0.2, 0.25) is 0 Å². The molecular weight excluding hydrogens is 641 g/mol.